The monoisotopic (exact) mass is 642 g/mol. The third-order valence-electron chi connectivity index (χ3n) is 6.97. The maximum absolute atomic E-state index is 13.5. The van der Waals surface area contributed by atoms with Gasteiger partial charge in [0.15, 0.2) is 5.78 Å². The highest BCUT2D eigenvalue weighted by Gasteiger charge is 2.28. The van der Waals surface area contributed by atoms with Crippen LogP contribution in [0.1, 0.15) is 61.7 Å². The molecule has 0 bridgehead atoms. The number of carbonyl (C=O) groups excluding carboxylic acids is 3. The number of methoxy groups -OCH3 is 2. The maximum atomic E-state index is 13.5. The third-order valence-corrected chi connectivity index (χ3v) is 6.97. The lowest BCUT2D eigenvalue weighted by Crippen LogP contribution is -2.48. The van der Waals surface area contributed by atoms with Crippen molar-refractivity contribution in [2.24, 2.45) is 0 Å². The Balaban J connectivity index is 1.53. The lowest BCUT2D eigenvalue weighted by Gasteiger charge is -2.29. The van der Waals surface area contributed by atoms with Crippen LogP contribution in [0.2, 0.25) is 0 Å². The number of carbonyl (C=O) groups is 3. The Morgan fingerprint density at radius 1 is 0.957 bits per heavy atom. The van der Waals surface area contributed by atoms with Gasteiger partial charge in [0.25, 0.3) is 0 Å². The number of nitrogens with one attached hydrogen (secondary N) is 2. The molecule has 1 aliphatic heterocycles. The molecule has 0 saturated carbocycles. The zero-order valence-corrected chi connectivity index (χ0v) is 27.8. The zero-order chi connectivity index (χ0) is 34.2. The predicted molar refractivity (Wildman–Crippen MR) is 181 cm³/mol. The highest BCUT2D eigenvalue weighted by atomic mass is 16.6. The van der Waals surface area contributed by atoms with Crippen LogP contribution >= 0.6 is 0 Å². The summed E-state index contributed by atoms with van der Waals surface area (Å²) in [6, 6.07) is 16.9. The molecule has 1 unspecified atom stereocenters. The Kier molecular flexibility index (Phi) is 11.1. The van der Waals surface area contributed by atoms with Crippen LogP contribution < -0.4 is 24.8 Å². The van der Waals surface area contributed by atoms with Crippen molar-refractivity contribution >= 4 is 35.6 Å². The van der Waals surface area contributed by atoms with E-state index in [0.29, 0.717) is 39.6 Å². The Bertz CT molecular complexity index is 1650. The largest absolute Gasteiger partial charge is 0.496 e. The molecule has 10 nitrogen and oxygen atoms in total. The van der Waals surface area contributed by atoms with Gasteiger partial charge in [0.1, 0.15) is 34.5 Å². The second-order valence-electron chi connectivity index (χ2n) is 12.4. The average Bonchev–Trinajstić information content (AvgIpc) is 3.01. The molecule has 0 aromatic heterocycles. The highest BCUT2D eigenvalue weighted by molar-refractivity contribution is 6.09. The minimum atomic E-state index is -1.08. The number of ketones is 1. The minimum Gasteiger partial charge on any atom is -0.496 e. The second kappa shape index (κ2) is 15.0. The van der Waals surface area contributed by atoms with Crippen molar-refractivity contribution in [1.29, 1.82) is 0 Å². The van der Waals surface area contributed by atoms with Crippen molar-refractivity contribution in [2.45, 2.75) is 58.5 Å². The first-order chi connectivity index (χ1) is 22.3. The molecule has 0 spiro atoms. The number of alkyl carbamates (subject to hydrolysis) is 1. The molecular weight excluding hydrogens is 600 g/mol. The normalized spacial score (nSPS) is 14.0. The number of allylic oxidation sites excluding steroid dienone is 1. The number of fused-ring (bicyclic) bond motifs is 1. The third kappa shape index (κ3) is 9.70. The van der Waals surface area contributed by atoms with Crippen LogP contribution in [0.5, 0.6) is 17.2 Å². The van der Waals surface area contributed by atoms with Gasteiger partial charge in [0.05, 0.1) is 44.2 Å². The number of anilines is 1. The van der Waals surface area contributed by atoms with E-state index in [2.05, 4.69) is 10.6 Å². The molecule has 10 heteroatoms. The molecule has 4 rings (SSSR count). The summed E-state index contributed by atoms with van der Waals surface area (Å²) in [6.45, 7) is 9.15. The van der Waals surface area contributed by atoms with E-state index < -0.39 is 29.2 Å². The number of rotatable bonds is 12. The summed E-state index contributed by atoms with van der Waals surface area (Å²) in [7, 11) is 3.05. The van der Waals surface area contributed by atoms with Crippen LogP contribution in [0.4, 0.5) is 10.5 Å². The van der Waals surface area contributed by atoms with Crippen LogP contribution in [0.15, 0.2) is 72.8 Å². The molecule has 47 heavy (non-hydrogen) atoms. The van der Waals surface area contributed by atoms with Crippen LogP contribution in [-0.4, -0.2) is 55.9 Å². The maximum Gasteiger partial charge on any atom is 0.408 e. The van der Waals surface area contributed by atoms with Crippen molar-refractivity contribution in [3.63, 3.8) is 0 Å². The number of hydrogen-bond donors (Lipinski definition) is 2. The van der Waals surface area contributed by atoms with Crippen LogP contribution in [0.25, 0.3) is 12.2 Å². The Morgan fingerprint density at radius 3 is 2.34 bits per heavy atom. The molecule has 1 heterocycles. The molecule has 3 aromatic carbocycles. The summed E-state index contributed by atoms with van der Waals surface area (Å²) in [4.78, 5) is 39.5. The molecule has 2 N–H and O–H groups in total. The number of hydrogen-bond acceptors (Lipinski definition) is 8. The van der Waals surface area contributed by atoms with Gasteiger partial charge in [-0.25, -0.2) is 4.79 Å². The molecule has 0 fully saturated rings. The zero-order valence-electron chi connectivity index (χ0n) is 27.8. The van der Waals surface area contributed by atoms with E-state index in [4.69, 9.17) is 23.7 Å². The lowest BCUT2D eigenvalue weighted by molar-refractivity contribution is -0.119. The Morgan fingerprint density at radius 2 is 1.66 bits per heavy atom. The van der Waals surface area contributed by atoms with Crippen molar-refractivity contribution in [2.75, 3.05) is 26.1 Å². The van der Waals surface area contributed by atoms with E-state index in [-0.39, 0.29) is 19.0 Å². The van der Waals surface area contributed by atoms with Gasteiger partial charge < -0.3 is 34.3 Å². The summed E-state index contributed by atoms with van der Waals surface area (Å²) in [5.41, 5.74) is 1.61. The molecule has 248 valence electrons. The van der Waals surface area contributed by atoms with Gasteiger partial charge >= 0.3 is 6.09 Å². The van der Waals surface area contributed by atoms with Crippen LogP contribution in [-0.2, 0) is 20.9 Å². The van der Waals surface area contributed by atoms with Crippen molar-refractivity contribution in [3.8, 4) is 17.2 Å². The van der Waals surface area contributed by atoms with E-state index >= 15 is 0 Å². The summed E-state index contributed by atoms with van der Waals surface area (Å²) in [6.07, 6.45) is 6.13. The Hall–Kier alpha value is -5.09. The summed E-state index contributed by atoms with van der Waals surface area (Å²) in [5, 5.41) is 5.43. The standard InChI is InChI=1S/C37H42N2O8/c1-36(2,3)47-35(42)39-29(23-45-22-25-11-9-8-10-12-25)34(41)38-28-21-24(14-17-32(28)44-7)13-16-30(40)26-15-18-31(43-6)27-19-20-37(4,5)46-33(26)27/h8-21,29H,22-23H2,1-7H3,(H,38,41)(H,39,42)/b16-13+. The minimum absolute atomic E-state index is 0.114. The molecule has 2 amide bonds. The SMILES string of the molecule is COc1ccc(/C=C/C(=O)c2ccc(OC)c3c2OC(C)(C)C=C3)cc1NC(=O)C(COCc1ccccc1)NC(=O)OC(C)(C)C. The molecule has 3 aromatic rings. The fourth-order valence-electron chi connectivity index (χ4n) is 4.71. The van der Waals surface area contributed by atoms with Gasteiger partial charge in [-0.15, -0.1) is 0 Å². The van der Waals surface area contributed by atoms with Crippen LogP contribution in [0.3, 0.4) is 0 Å². The second-order valence-corrected chi connectivity index (χ2v) is 12.4. The fourth-order valence-corrected chi connectivity index (χ4v) is 4.71. The molecular formula is C37H42N2O8. The van der Waals surface area contributed by atoms with E-state index in [1.165, 1.54) is 13.2 Å². The number of amides is 2. The molecule has 0 saturated heterocycles. The number of ether oxygens (including phenoxy) is 5. The van der Waals surface area contributed by atoms with Gasteiger partial charge in [-0.1, -0.05) is 42.5 Å². The molecule has 1 atom stereocenters. The van der Waals surface area contributed by atoms with Crippen molar-refractivity contribution < 1.29 is 38.1 Å². The van der Waals surface area contributed by atoms with Crippen molar-refractivity contribution in [1.82, 2.24) is 5.32 Å². The quantitative estimate of drug-likeness (QED) is 0.163. The van der Waals surface area contributed by atoms with E-state index in [0.717, 1.165) is 5.56 Å². The average molecular weight is 643 g/mol. The fraction of sp³-hybridized carbons (Fsp3) is 0.324. The van der Waals surface area contributed by atoms with E-state index in [1.54, 1.807) is 64.3 Å². The smallest absolute Gasteiger partial charge is 0.408 e. The van der Waals surface area contributed by atoms with E-state index in [9.17, 15) is 14.4 Å². The van der Waals surface area contributed by atoms with Gasteiger partial charge in [0.2, 0.25) is 5.91 Å². The number of benzene rings is 3. The van der Waals surface area contributed by atoms with Gasteiger partial charge in [-0.2, -0.15) is 0 Å². The van der Waals surface area contributed by atoms with Crippen LogP contribution in [0, 0.1) is 0 Å². The molecule has 0 aliphatic carbocycles. The summed E-state index contributed by atoms with van der Waals surface area (Å²) in [5.74, 6) is 0.625. The molecule has 1 aliphatic rings. The van der Waals surface area contributed by atoms with Gasteiger partial charge in [-0.3, -0.25) is 9.59 Å². The summed E-state index contributed by atoms with van der Waals surface area (Å²) >= 11 is 0. The predicted octanol–water partition coefficient (Wildman–Crippen LogP) is 6.83. The Labute approximate surface area is 275 Å². The van der Waals surface area contributed by atoms with Gasteiger partial charge in [-0.05, 0) is 88.2 Å². The first kappa shape index (κ1) is 34.8. The first-order valence-electron chi connectivity index (χ1n) is 15.2. The highest BCUT2D eigenvalue weighted by Crippen LogP contribution is 2.40. The summed E-state index contributed by atoms with van der Waals surface area (Å²) < 4.78 is 28.3. The lowest BCUT2D eigenvalue weighted by atomic mass is 9.97. The van der Waals surface area contributed by atoms with Crippen molar-refractivity contribution in [3.05, 3.63) is 95.1 Å². The molecule has 0 radical (unpaired) electrons. The van der Waals surface area contributed by atoms with E-state index in [1.807, 2.05) is 56.3 Å². The topological polar surface area (TPSA) is 121 Å². The first-order valence-corrected chi connectivity index (χ1v) is 15.2. The van der Waals surface area contributed by atoms with Gasteiger partial charge in [0, 0.05) is 0 Å².